The first kappa shape index (κ1) is 7.41. The van der Waals surface area contributed by atoms with Gasteiger partial charge in [0.1, 0.15) is 0 Å². The minimum atomic E-state index is -0.121. The molecular formula is C15H18O. The fourth-order valence-electron chi connectivity index (χ4n) is 8.81. The molecule has 84 valence electrons. The first-order chi connectivity index (χ1) is 7.82. The third-order valence-electron chi connectivity index (χ3n) is 8.67. The monoisotopic (exact) mass is 214 g/mol. The van der Waals surface area contributed by atoms with E-state index in [9.17, 15) is 5.11 Å². The van der Waals surface area contributed by atoms with E-state index in [1.165, 1.54) is 19.3 Å². The summed E-state index contributed by atoms with van der Waals surface area (Å²) < 4.78 is 0. The Morgan fingerprint density at radius 1 is 0.688 bits per heavy atom. The van der Waals surface area contributed by atoms with E-state index in [2.05, 4.69) is 0 Å². The average molecular weight is 214 g/mol. The summed E-state index contributed by atoms with van der Waals surface area (Å²) in [6.07, 6.45) is 4.45. The van der Waals surface area contributed by atoms with Crippen molar-refractivity contribution in [2.24, 2.45) is 65.1 Å². The second-order valence-corrected chi connectivity index (χ2v) is 8.30. The third-order valence-corrected chi connectivity index (χ3v) is 8.67. The Morgan fingerprint density at radius 3 is 2.31 bits per heavy atom. The van der Waals surface area contributed by atoms with Crippen molar-refractivity contribution in [2.75, 3.05) is 0 Å². The van der Waals surface area contributed by atoms with Crippen molar-refractivity contribution in [1.82, 2.24) is 0 Å². The van der Waals surface area contributed by atoms with Gasteiger partial charge in [0.2, 0.25) is 0 Å². The Bertz CT molecular complexity index is 458. The molecule has 1 N–H and O–H groups in total. The van der Waals surface area contributed by atoms with Crippen LogP contribution in [0.15, 0.2) is 0 Å². The van der Waals surface area contributed by atoms with E-state index >= 15 is 0 Å². The summed E-state index contributed by atoms with van der Waals surface area (Å²) in [7, 11) is 0. The average Bonchev–Trinajstić information content (AvgIpc) is 2.85. The lowest BCUT2D eigenvalue weighted by atomic mass is 9.67. The first-order valence-electron chi connectivity index (χ1n) is 7.54. The lowest BCUT2D eigenvalue weighted by Crippen LogP contribution is -2.49. The van der Waals surface area contributed by atoms with Gasteiger partial charge in [-0.1, -0.05) is 0 Å². The molecule has 0 radical (unpaired) electrons. The zero-order valence-corrected chi connectivity index (χ0v) is 9.42. The summed E-state index contributed by atoms with van der Waals surface area (Å²) in [6, 6.07) is 0. The van der Waals surface area contributed by atoms with Gasteiger partial charge in [-0.15, -0.1) is 0 Å². The summed E-state index contributed by atoms with van der Waals surface area (Å²) >= 11 is 0. The van der Waals surface area contributed by atoms with Crippen LogP contribution < -0.4 is 0 Å². The molecule has 0 aromatic rings. The zero-order valence-electron chi connectivity index (χ0n) is 9.42. The highest BCUT2D eigenvalue weighted by atomic mass is 16.3. The quantitative estimate of drug-likeness (QED) is 0.651. The highest BCUT2D eigenvalue weighted by molar-refractivity contribution is 5.37. The van der Waals surface area contributed by atoms with E-state index in [-0.39, 0.29) is 5.60 Å². The van der Waals surface area contributed by atoms with Crippen LogP contribution in [0.2, 0.25) is 0 Å². The van der Waals surface area contributed by atoms with Crippen molar-refractivity contribution in [3.8, 4) is 0 Å². The fraction of sp³-hybridized carbons (Fsp3) is 1.00. The lowest BCUT2D eigenvalue weighted by molar-refractivity contribution is -0.104. The standard InChI is InChI=1S/C15H18O/c16-15-9-3-6(4-1-5(4)9)13(15)12-8-2-7-10(12)11(7)14(8)15/h4-14,16H,1-3H2/t4-,5+,6-,7?,8+,9+,10+,11-,12+,13?,14-,15+/m0/s1. The van der Waals surface area contributed by atoms with Gasteiger partial charge in [-0.2, -0.15) is 0 Å². The van der Waals surface area contributed by atoms with Crippen LogP contribution in [0, 0.1) is 65.1 Å². The summed E-state index contributed by atoms with van der Waals surface area (Å²) in [4.78, 5) is 0. The molecule has 0 amide bonds. The van der Waals surface area contributed by atoms with Crippen LogP contribution in [0.1, 0.15) is 19.3 Å². The second-order valence-electron chi connectivity index (χ2n) is 8.30. The molecular weight excluding hydrogens is 196 g/mol. The van der Waals surface area contributed by atoms with E-state index in [4.69, 9.17) is 0 Å². The molecule has 1 nitrogen and oxygen atoms in total. The van der Waals surface area contributed by atoms with E-state index in [1.807, 2.05) is 0 Å². The van der Waals surface area contributed by atoms with Crippen LogP contribution in [0.5, 0.6) is 0 Å². The maximum Gasteiger partial charge on any atom is 0.0745 e. The number of fused-ring (bicyclic) bond motifs is 8. The minimum Gasteiger partial charge on any atom is -0.389 e. The van der Waals surface area contributed by atoms with Gasteiger partial charge in [-0.3, -0.25) is 0 Å². The van der Waals surface area contributed by atoms with Crippen LogP contribution >= 0.6 is 0 Å². The molecule has 16 heavy (non-hydrogen) atoms. The number of aliphatic hydroxyl groups is 1. The summed E-state index contributed by atoms with van der Waals surface area (Å²) in [6.45, 7) is 0. The maximum absolute atomic E-state index is 11.4. The molecule has 8 saturated carbocycles. The molecule has 8 aliphatic carbocycles. The van der Waals surface area contributed by atoms with Crippen molar-refractivity contribution in [3.63, 3.8) is 0 Å². The molecule has 0 saturated heterocycles. The third kappa shape index (κ3) is 0.429. The van der Waals surface area contributed by atoms with Crippen molar-refractivity contribution < 1.29 is 5.11 Å². The highest BCUT2D eigenvalue weighted by Gasteiger charge is 2.90. The van der Waals surface area contributed by atoms with Gasteiger partial charge in [-0.05, 0) is 84.4 Å². The summed E-state index contributed by atoms with van der Waals surface area (Å²) in [5.74, 6) is 10.7. The van der Waals surface area contributed by atoms with Gasteiger partial charge in [0.15, 0.2) is 0 Å². The molecule has 0 aromatic carbocycles. The topological polar surface area (TPSA) is 20.2 Å². The fourth-order valence-corrected chi connectivity index (χ4v) is 8.81. The van der Waals surface area contributed by atoms with Crippen LogP contribution in [0.4, 0.5) is 0 Å². The molecule has 0 spiro atoms. The molecule has 2 unspecified atom stereocenters. The van der Waals surface area contributed by atoms with Gasteiger partial charge in [-0.25, -0.2) is 0 Å². The predicted octanol–water partition coefficient (Wildman–Crippen LogP) is 1.76. The molecule has 0 aromatic heterocycles. The number of rotatable bonds is 0. The first-order valence-corrected chi connectivity index (χ1v) is 7.54. The molecule has 8 aliphatic rings. The smallest absolute Gasteiger partial charge is 0.0745 e. The molecule has 8 bridgehead atoms. The van der Waals surface area contributed by atoms with Crippen molar-refractivity contribution in [1.29, 1.82) is 0 Å². The Kier molecular flexibility index (Phi) is 0.767. The van der Waals surface area contributed by atoms with Crippen molar-refractivity contribution in [3.05, 3.63) is 0 Å². The van der Waals surface area contributed by atoms with E-state index in [0.717, 1.165) is 65.1 Å². The van der Waals surface area contributed by atoms with E-state index in [0.29, 0.717) is 0 Å². The van der Waals surface area contributed by atoms with Crippen LogP contribution in [0.3, 0.4) is 0 Å². The van der Waals surface area contributed by atoms with Gasteiger partial charge in [0.25, 0.3) is 0 Å². The number of hydrogen-bond acceptors (Lipinski definition) is 1. The number of hydrogen-bond donors (Lipinski definition) is 1. The van der Waals surface area contributed by atoms with Gasteiger partial charge >= 0.3 is 0 Å². The summed E-state index contributed by atoms with van der Waals surface area (Å²) in [5, 5.41) is 11.4. The minimum absolute atomic E-state index is 0.121. The summed E-state index contributed by atoms with van der Waals surface area (Å²) in [5.41, 5.74) is -0.121. The SMILES string of the molecule is O[C@]12C([C@@H]3[C@H]4CC5[C@@H]3[C@H]5[C@H]41)[C@H]1C[C@@H]2[C@@H]2C[C@@H]21. The lowest BCUT2D eigenvalue weighted by Gasteiger charge is -2.42. The van der Waals surface area contributed by atoms with Gasteiger partial charge < -0.3 is 5.11 Å². The molecule has 1 heteroatoms. The maximum atomic E-state index is 11.4. The Morgan fingerprint density at radius 2 is 1.44 bits per heavy atom. The zero-order chi connectivity index (χ0) is 9.97. The van der Waals surface area contributed by atoms with E-state index < -0.39 is 0 Å². The normalized spacial score (nSPS) is 90.9. The largest absolute Gasteiger partial charge is 0.389 e. The van der Waals surface area contributed by atoms with E-state index in [1.54, 1.807) is 0 Å². The molecule has 0 heterocycles. The highest BCUT2D eigenvalue weighted by Crippen LogP contribution is 2.90. The second kappa shape index (κ2) is 1.66. The Labute approximate surface area is 95.6 Å². The molecule has 8 rings (SSSR count). The van der Waals surface area contributed by atoms with Crippen LogP contribution in [-0.2, 0) is 0 Å². The van der Waals surface area contributed by atoms with Crippen LogP contribution in [0.25, 0.3) is 0 Å². The van der Waals surface area contributed by atoms with Crippen molar-refractivity contribution in [2.45, 2.75) is 24.9 Å². The predicted molar refractivity (Wildman–Crippen MR) is 57.2 cm³/mol. The molecule has 0 aliphatic heterocycles. The van der Waals surface area contributed by atoms with Crippen molar-refractivity contribution >= 4 is 0 Å². The Hall–Kier alpha value is -0.0400. The van der Waals surface area contributed by atoms with Crippen LogP contribution in [-0.4, -0.2) is 10.7 Å². The Balaban J connectivity index is 1.53. The van der Waals surface area contributed by atoms with Gasteiger partial charge in [0.05, 0.1) is 5.60 Å². The van der Waals surface area contributed by atoms with Gasteiger partial charge in [0, 0.05) is 0 Å². The molecule has 12 atom stereocenters. The molecule has 8 fully saturated rings.